The molecule has 1 aliphatic rings. The average Bonchev–Trinajstić information content (AvgIpc) is 2.30. The van der Waals surface area contributed by atoms with E-state index in [-0.39, 0.29) is 12.1 Å². The minimum absolute atomic E-state index is 0. The van der Waals surface area contributed by atoms with Gasteiger partial charge in [0, 0.05) is 5.92 Å². The highest BCUT2D eigenvalue weighted by molar-refractivity contribution is 5.26. The Kier molecular flexibility index (Phi) is 4.72. The minimum atomic E-state index is -0.465. The number of hydrogen-bond donors (Lipinski definition) is 2. The third-order valence-electron chi connectivity index (χ3n) is 4.10. The summed E-state index contributed by atoms with van der Waals surface area (Å²) in [4.78, 5) is 0. The topological polar surface area (TPSA) is 55.2 Å². The molecule has 1 aromatic carbocycles. The summed E-state index contributed by atoms with van der Waals surface area (Å²) in [5.74, 6) is 0.258. The highest BCUT2D eigenvalue weighted by atomic mass is 16.3. The summed E-state index contributed by atoms with van der Waals surface area (Å²) < 4.78 is 0. The standard InChI is InChI=1S/C15H22O.H3N/c1-12-6-8-14(9-7-12)13(2)15(16)10-4-3-5-11-15;/h6-9,13,16H,3-5,10-11H2,1-2H3;1H3. The molecule has 0 spiro atoms. The van der Waals surface area contributed by atoms with E-state index in [2.05, 4.69) is 38.1 Å². The zero-order chi connectivity index (χ0) is 11.6. The van der Waals surface area contributed by atoms with Gasteiger partial charge >= 0.3 is 0 Å². The highest BCUT2D eigenvalue weighted by Gasteiger charge is 2.35. The maximum absolute atomic E-state index is 10.7. The first kappa shape index (κ1) is 14.2. The van der Waals surface area contributed by atoms with E-state index in [0.717, 1.165) is 12.8 Å². The molecule has 1 atom stereocenters. The number of benzene rings is 1. The Balaban J connectivity index is 0.00000144. The summed E-state index contributed by atoms with van der Waals surface area (Å²) >= 11 is 0. The van der Waals surface area contributed by atoms with Crippen molar-refractivity contribution in [2.75, 3.05) is 0 Å². The molecule has 0 amide bonds. The molecule has 1 aromatic rings. The first-order valence-electron chi connectivity index (χ1n) is 6.41. The fourth-order valence-electron chi connectivity index (χ4n) is 2.76. The Morgan fingerprint density at radius 2 is 1.59 bits per heavy atom. The predicted molar refractivity (Wildman–Crippen MR) is 72.7 cm³/mol. The van der Waals surface area contributed by atoms with Crippen LogP contribution in [-0.4, -0.2) is 10.7 Å². The number of hydrogen-bond acceptors (Lipinski definition) is 2. The van der Waals surface area contributed by atoms with Crippen molar-refractivity contribution in [3.63, 3.8) is 0 Å². The zero-order valence-electron chi connectivity index (χ0n) is 11.1. The Bertz CT molecular complexity index is 338. The second kappa shape index (κ2) is 5.65. The molecule has 4 N–H and O–H groups in total. The van der Waals surface area contributed by atoms with Gasteiger partial charge in [-0.1, -0.05) is 56.0 Å². The van der Waals surface area contributed by atoms with Crippen molar-refractivity contribution in [3.05, 3.63) is 35.4 Å². The lowest BCUT2D eigenvalue weighted by atomic mass is 9.74. The maximum Gasteiger partial charge on any atom is 0.0713 e. The lowest BCUT2D eigenvalue weighted by Gasteiger charge is -2.37. The molecule has 2 heteroatoms. The minimum Gasteiger partial charge on any atom is -0.389 e. The van der Waals surface area contributed by atoms with Crippen LogP contribution in [0.1, 0.15) is 56.1 Å². The largest absolute Gasteiger partial charge is 0.389 e. The summed E-state index contributed by atoms with van der Waals surface area (Å²) in [7, 11) is 0. The molecular formula is C15H25NO. The SMILES string of the molecule is Cc1ccc(C(C)C2(O)CCCCC2)cc1.N. The lowest BCUT2D eigenvalue weighted by molar-refractivity contribution is -0.0168. The Morgan fingerprint density at radius 1 is 1.06 bits per heavy atom. The molecule has 1 saturated carbocycles. The van der Waals surface area contributed by atoms with Crippen molar-refractivity contribution in [3.8, 4) is 0 Å². The summed E-state index contributed by atoms with van der Waals surface area (Å²) in [6, 6.07) is 8.59. The molecule has 0 bridgehead atoms. The van der Waals surface area contributed by atoms with Gasteiger partial charge in [-0.3, -0.25) is 0 Å². The number of aryl methyl sites for hydroxylation is 1. The van der Waals surface area contributed by atoms with Gasteiger partial charge < -0.3 is 11.3 Å². The van der Waals surface area contributed by atoms with Crippen LogP contribution in [0.3, 0.4) is 0 Å². The first-order chi connectivity index (χ1) is 7.62. The van der Waals surface area contributed by atoms with Gasteiger partial charge in [0.2, 0.25) is 0 Å². The molecule has 2 rings (SSSR count). The van der Waals surface area contributed by atoms with E-state index in [0.29, 0.717) is 0 Å². The normalized spacial score (nSPS) is 20.4. The van der Waals surface area contributed by atoms with Gasteiger partial charge in [-0.15, -0.1) is 0 Å². The number of rotatable bonds is 2. The molecule has 0 saturated heterocycles. The molecular weight excluding hydrogens is 210 g/mol. The van der Waals surface area contributed by atoms with Gasteiger partial charge in [-0.25, -0.2) is 0 Å². The monoisotopic (exact) mass is 235 g/mol. The van der Waals surface area contributed by atoms with Crippen LogP contribution < -0.4 is 6.15 Å². The van der Waals surface area contributed by atoms with Gasteiger partial charge in [0.25, 0.3) is 0 Å². The molecule has 0 aromatic heterocycles. The van der Waals surface area contributed by atoms with Crippen LogP contribution >= 0.6 is 0 Å². The quantitative estimate of drug-likeness (QED) is 0.815. The van der Waals surface area contributed by atoms with Crippen LogP contribution in [0.25, 0.3) is 0 Å². The van der Waals surface area contributed by atoms with E-state index < -0.39 is 5.60 Å². The lowest BCUT2D eigenvalue weighted by Crippen LogP contribution is -2.36. The first-order valence-corrected chi connectivity index (χ1v) is 6.41. The summed E-state index contributed by atoms with van der Waals surface area (Å²) in [5.41, 5.74) is 2.09. The van der Waals surface area contributed by atoms with E-state index in [1.165, 1.54) is 30.4 Å². The van der Waals surface area contributed by atoms with E-state index in [1.54, 1.807) is 0 Å². The molecule has 2 nitrogen and oxygen atoms in total. The van der Waals surface area contributed by atoms with Crippen molar-refractivity contribution in [1.29, 1.82) is 0 Å². The fraction of sp³-hybridized carbons (Fsp3) is 0.600. The van der Waals surface area contributed by atoms with E-state index in [9.17, 15) is 5.11 Å². The summed E-state index contributed by atoms with van der Waals surface area (Å²) in [5, 5.41) is 10.7. The van der Waals surface area contributed by atoms with Crippen LogP contribution in [0.2, 0.25) is 0 Å². The third kappa shape index (κ3) is 3.08. The molecule has 0 radical (unpaired) electrons. The second-order valence-corrected chi connectivity index (χ2v) is 5.30. The highest BCUT2D eigenvalue weighted by Crippen LogP contribution is 2.39. The molecule has 1 unspecified atom stereocenters. The predicted octanol–water partition coefficient (Wildman–Crippen LogP) is 3.96. The van der Waals surface area contributed by atoms with E-state index in [1.807, 2.05) is 0 Å². The second-order valence-electron chi connectivity index (χ2n) is 5.30. The van der Waals surface area contributed by atoms with Crippen LogP contribution in [0.5, 0.6) is 0 Å². The van der Waals surface area contributed by atoms with E-state index >= 15 is 0 Å². The van der Waals surface area contributed by atoms with Crippen LogP contribution in [0.4, 0.5) is 0 Å². The van der Waals surface area contributed by atoms with Gasteiger partial charge in [-0.2, -0.15) is 0 Å². The van der Waals surface area contributed by atoms with E-state index in [4.69, 9.17) is 0 Å². The van der Waals surface area contributed by atoms with Crippen molar-refractivity contribution < 1.29 is 5.11 Å². The average molecular weight is 235 g/mol. The van der Waals surface area contributed by atoms with Crippen molar-refractivity contribution in [2.45, 2.75) is 57.5 Å². The fourth-order valence-corrected chi connectivity index (χ4v) is 2.76. The van der Waals surface area contributed by atoms with Gasteiger partial charge in [-0.05, 0) is 25.3 Å². The third-order valence-corrected chi connectivity index (χ3v) is 4.10. The van der Waals surface area contributed by atoms with Crippen LogP contribution in [0, 0.1) is 6.92 Å². The molecule has 17 heavy (non-hydrogen) atoms. The van der Waals surface area contributed by atoms with Crippen LogP contribution in [-0.2, 0) is 0 Å². The molecule has 1 aliphatic carbocycles. The molecule has 0 aliphatic heterocycles. The Labute approximate surface area is 105 Å². The molecule has 96 valence electrons. The zero-order valence-corrected chi connectivity index (χ0v) is 11.1. The summed E-state index contributed by atoms with van der Waals surface area (Å²) in [6.45, 7) is 4.26. The Hall–Kier alpha value is -0.860. The van der Waals surface area contributed by atoms with Crippen LogP contribution in [0.15, 0.2) is 24.3 Å². The number of aliphatic hydroxyl groups is 1. The maximum atomic E-state index is 10.7. The van der Waals surface area contributed by atoms with Crippen molar-refractivity contribution in [2.24, 2.45) is 0 Å². The van der Waals surface area contributed by atoms with Gasteiger partial charge in [0.15, 0.2) is 0 Å². The van der Waals surface area contributed by atoms with Gasteiger partial charge in [0.05, 0.1) is 5.60 Å². The van der Waals surface area contributed by atoms with Crippen molar-refractivity contribution in [1.82, 2.24) is 6.15 Å². The van der Waals surface area contributed by atoms with Gasteiger partial charge in [0.1, 0.15) is 0 Å². The smallest absolute Gasteiger partial charge is 0.0713 e. The van der Waals surface area contributed by atoms with Crippen molar-refractivity contribution >= 4 is 0 Å². The molecule has 1 fully saturated rings. The Morgan fingerprint density at radius 3 is 2.12 bits per heavy atom. The molecule has 0 heterocycles. The summed E-state index contributed by atoms with van der Waals surface area (Å²) in [6.07, 6.45) is 5.55.